The lowest BCUT2D eigenvalue weighted by molar-refractivity contribution is -0.145. The average molecular weight is 541 g/mol. The maximum atomic E-state index is 13.0. The first-order valence-electron chi connectivity index (χ1n) is 11.8. The fourth-order valence-corrected chi connectivity index (χ4v) is 4.45. The number of alkyl halides is 3. The van der Waals surface area contributed by atoms with Crippen LogP contribution < -0.4 is 10.6 Å². The van der Waals surface area contributed by atoms with Gasteiger partial charge in [-0.05, 0) is 31.2 Å². The minimum absolute atomic E-state index is 0.0531. The molecule has 0 aliphatic carbocycles. The van der Waals surface area contributed by atoms with Crippen LogP contribution >= 0.6 is 11.6 Å². The van der Waals surface area contributed by atoms with Crippen molar-refractivity contribution in [2.45, 2.75) is 31.4 Å². The van der Waals surface area contributed by atoms with Crippen LogP contribution in [0.4, 0.5) is 19.0 Å². The number of aromatic nitrogens is 3. The molecule has 3 aromatic rings. The molecule has 0 amide bonds. The Morgan fingerprint density at radius 3 is 2.49 bits per heavy atom. The number of nitrogens with zero attached hydrogens (tertiary/aromatic N) is 4. The zero-order valence-corrected chi connectivity index (χ0v) is 20.8. The molecule has 0 spiro atoms. The summed E-state index contributed by atoms with van der Waals surface area (Å²) in [5, 5.41) is 27.5. The van der Waals surface area contributed by atoms with Gasteiger partial charge < -0.3 is 20.3 Å². The maximum absolute atomic E-state index is 13.0. The fraction of sp³-hybridized carbons (Fsp3) is 0.458. The smallest absolute Gasteiger partial charge is 0.394 e. The quantitative estimate of drug-likeness (QED) is 0.304. The molecule has 9 nitrogen and oxygen atoms in total. The molecule has 1 aromatic carbocycles. The fourth-order valence-electron chi connectivity index (χ4n) is 4.19. The van der Waals surface area contributed by atoms with Gasteiger partial charge >= 0.3 is 6.18 Å². The summed E-state index contributed by atoms with van der Waals surface area (Å²) in [6.07, 6.45) is -3.49. The number of ether oxygens (including phenoxy) is 1. The van der Waals surface area contributed by atoms with E-state index in [0.29, 0.717) is 59.2 Å². The SMILES string of the molecule is CC(CO)Nc1ccc2c(C(O)NCC(c3cnc(C(F)(F)F)nc3)N3CCOCC3)c(Cl)ccc2n1. The molecule has 4 N–H and O–H groups in total. The number of benzene rings is 1. The largest absolute Gasteiger partial charge is 0.451 e. The molecule has 3 heterocycles. The Kier molecular flexibility index (Phi) is 8.78. The molecule has 1 aliphatic rings. The zero-order chi connectivity index (χ0) is 26.6. The lowest BCUT2D eigenvalue weighted by Gasteiger charge is -2.35. The van der Waals surface area contributed by atoms with Crippen LogP contribution in [-0.2, 0) is 10.9 Å². The number of fused-ring (bicyclic) bond motifs is 1. The summed E-state index contributed by atoms with van der Waals surface area (Å²) < 4.78 is 44.3. The molecule has 1 fully saturated rings. The molecule has 2 aromatic heterocycles. The highest BCUT2D eigenvalue weighted by Gasteiger charge is 2.35. The van der Waals surface area contributed by atoms with E-state index < -0.39 is 24.3 Å². The predicted octanol–water partition coefficient (Wildman–Crippen LogP) is 3.14. The number of aliphatic hydroxyl groups is 2. The summed E-state index contributed by atoms with van der Waals surface area (Å²) in [7, 11) is 0. The number of nitrogens with one attached hydrogen (secondary N) is 2. The highest BCUT2D eigenvalue weighted by Crippen LogP contribution is 2.32. The predicted molar refractivity (Wildman–Crippen MR) is 132 cm³/mol. The standard InChI is InChI=1S/C24H28ClF3N6O3/c1-14(13-35)32-20-5-2-16-18(33-20)4-3-17(25)21(16)22(36)29-12-19(34-6-8-37-9-7-34)15-10-30-23(31-11-15)24(26,27)28/h2-5,10-11,14,19,22,29,35-36H,6-9,12-13H2,1H3,(H,32,33). The number of hydrogen-bond acceptors (Lipinski definition) is 9. The number of hydrogen-bond donors (Lipinski definition) is 4. The van der Waals surface area contributed by atoms with Gasteiger partial charge in [0.2, 0.25) is 5.82 Å². The van der Waals surface area contributed by atoms with Gasteiger partial charge in [-0.2, -0.15) is 13.2 Å². The molecule has 200 valence electrons. The highest BCUT2D eigenvalue weighted by molar-refractivity contribution is 6.32. The lowest BCUT2D eigenvalue weighted by atomic mass is 10.0. The molecular formula is C24H28ClF3N6O3. The normalized spacial score (nSPS) is 17.5. The second kappa shape index (κ2) is 11.8. The van der Waals surface area contributed by atoms with Gasteiger partial charge in [0.05, 0.1) is 31.4 Å². The van der Waals surface area contributed by atoms with E-state index in [1.165, 1.54) is 12.4 Å². The number of aliphatic hydroxyl groups excluding tert-OH is 2. The van der Waals surface area contributed by atoms with E-state index >= 15 is 0 Å². The minimum Gasteiger partial charge on any atom is -0.394 e. The summed E-state index contributed by atoms with van der Waals surface area (Å²) >= 11 is 6.46. The Hall–Kier alpha value is -2.61. The van der Waals surface area contributed by atoms with Crippen LogP contribution in [0.1, 0.15) is 36.1 Å². The van der Waals surface area contributed by atoms with E-state index in [9.17, 15) is 23.4 Å². The molecule has 37 heavy (non-hydrogen) atoms. The van der Waals surface area contributed by atoms with Crippen LogP contribution in [0.2, 0.25) is 5.02 Å². The van der Waals surface area contributed by atoms with E-state index in [1.807, 2.05) is 11.8 Å². The van der Waals surface area contributed by atoms with Crippen molar-refractivity contribution in [3.05, 3.63) is 58.6 Å². The number of halogens is 4. The van der Waals surface area contributed by atoms with Crippen molar-refractivity contribution in [2.24, 2.45) is 0 Å². The van der Waals surface area contributed by atoms with Gasteiger partial charge in [0.1, 0.15) is 12.0 Å². The molecule has 0 saturated carbocycles. The first-order chi connectivity index (χ1) is 17.7. The van der Waals surface area contributed by atoms with Crippen LogP contribution in [0.15, 0.2) is 36.7 Å². The molecule has 4 rings (SSSR count). The summed E-state index contributed by atoms with van der Waals surface area (Å²) in [6, 6.07) is 6.29. The van der Waals surface area contributed by atoms with Gasteiger partial charge in [-0.25, -0.2) is 15.0 Å². The van der Waals surface area contributed by atoms with Gasteiger partial charge in [0.15, 0.2) is 0 Å². The Balaban J connectivity index is 1.56. The molecule has 0 radical (unpaired) electrons. The summed E-state index contributed by atoms with van der Waals surface area (Å²) in [5.41, 5.74) is 1.50. The van der Waals surface area contributed by atoms with Crippen LogP contribution in [0.25, 0.3) is 10.9 Å². The number of pyridine rings is 1. The summed E-state index contributed by atoms with van der Waals surface area (Å²) in [5.74, 6) is -0.637. The lowest BCUT2D eigenvalue weighted by Crippen LogP contribution is -2.43. The van der Waals surface area contributed by atoms with Crippen molar-refractivity contribution in [1.29, 1.82) is 0 Å². The second-order valence-corrected chi connectivity index (χ2v) is 9.17. The Bertz CT molecular complexity index is 1190. The number of rotatable bonds is 9. The van der Waals surface area contributed by atoms with E-state index in [0.717, 1.165) is 0 Å². The molecule has 3 unspecified atom stereocenters. The van der Waals surface area contributed by atoms with Crippen LogP contribution in [0.3, 0.4) is 0 Å². The van der Waals surface area contributed by atoms with Crippen molar-refractivity contribution in [1.82, 2.24) is 25.2 Å². The average Bonchev–Trinajstić information content (AvgIpc) is 2.89. The minimum atomic E-state index is -4.63. The topological polar surface area (TPSA) is 116 Å². The van der Waals surface area contributed by atoms with E-state index in [4.69, 9.17) is 16.3 Å². The van der Waals surface area contributed by atoms with Crippen LogP contribution in [0, 0.1) is 0 Å². The highest BCUT2D eigenvalue weighted by atomic mass is 35.5. The Morgan fingerprint density at radius 2 is 1.84 bits per heavy atom. The third-order valence-electron chi connectivity index (χ3n) is 6.10. The van der Waals surface area contributed by atoms with Crippen molar-refractivity contribution in [2.75, 3.05) is 44.8 Å². The molecule has 1 aliphatic heterocycles. The second-order valence-electron chi connectivity index (χ2n) is 8.76. The molecule has 1 saturated heterocycles. The van der Waals surface area contributed by atoms with E-state index in [2.05, 4.69) is 25.6 Å². The molecule has 13 heteroatoms. The van der Waals surface area contributed by atoms with Crippen molar-refractivity contribution < 1.29 is 28.1 Å². The van der Waals surface area contributed by atoms with Gasteiger partial charge in [-0.15, -0.1) is 0 Å². The van der Waals surface area contributed by atoms with Gasteiger partial charge in [-0.3, -0.25) is 10.2 Å². The third kappa shape index (κ3) is 6.64. The van der Waals surface area contributed by atoms with Crippen molar-refractivity contribution >= 4 is 28.3 Å². The number of anilines is 1. The molecule has 3 atom stereocenters. The van der Waals surface area contributed by atoms with Gasteiger partial charge in [0, 0.05) is 59.6 Å². The third-order valence-corrected chi connectivity index (χ3v) is 6.43. The monoisotopic (exact) mass is 540 g/mol. The molecule has 0 bridgehead atoms. The zero-order valence-electron chi connectivity index (χ0n) is 20.0. The first kappa shape index (κ1) is 27.4. The van der Waals surface area contributed by atoms with Crippen molar-refractivity contribution in [3.63, 3.8) is 0 Å². The summed E-state index contributed by atoms with van der Waals surface area (Å²) in [4.78, 5) is 13.6. The maximum Gasteiger partial charge on any atom is 0.451 e. The molecular weight excluding hydrogens is 513 g/mol. The Labute approximate surface area is 216 Å². The van der Waals surface area contributed by atoms with Crippen molar-refractivity contribution in [3.8, 4) is 0 Å². The van der Waals surface area contributed by atoms with Crippen LogP contribution in [0.5, 0.6) is 0 Å². The van der Waals surface area contributed by atoms with E-state index in [-0.39, 0.29) is 19.2 Å². The summed E-state index contributed by atoms with van der Waals surface area (Å²) in [6.45, 7) is 4.03. The Morgan fingerprint density at radius 1 is 1.14 bits per heavy atom. The van der Waals surface area contributed by atoms with E-state index in [1.54, 1.807) is 24.3 Å². The van der Waals surface area contributed by atoms with Gasteiger partial charge in [0.25, 0.3) is 0 Å². The van der Waals surface area contributed by atoms with Crippen LogP contribution in [-0.4, -0.2) is 75.6 Å². The van der Waals surface area contributed by atoms with Gasteiger partial charge in [-0.1, -0.05) is 11.6 Å². The number of morpholine rings is 1. The first-order valence-corrected chi connectivity index (χ1v) is 12.1.